The second-order valence-corrected chi connectivity index (χ2v) is 9.37. The lowest BCUT2D eigenvalue weighted by atomic mass is 9.99. The highest BCUT2D eigenvalue weighted by Gasteiger charge is 2.20. The molecule has 0 saturated carbocycles. The first kappa shape index (κ1) is 25.9. The second-order valence-electron chi connectivity index (χ2n) is 9.37. The number of aryl methyl sites for hydroxylation is 1. The maximum Gasteiger partial charge on any atom is 0.337 e. The maximum atomic E-state index is 13.4. The fraction of sp³-hybridized carbons (Fsp3) is 0.276. The van der Waals surface area contributed by atoms with Crippen molar-refractivity contribution in [2.75, 3.05) is 32.6 Å². The van der Waals surface area contributed by atoms with Gasteiger partial charge in [0.2, 0.25) is 5.88 Å². The lowest BCUT2D eigenvalue weighted by Crippen LogP contribution is -2.19. The molecule has 0 aliphatic carbocycles. The first-order valence-electron chi connectivity index (χ1n) is 12.1. The number of benzene rings is 2. The Bertz CT molecular complexity index is 1490. The third kappa shape index (κ3) is 5.65. The number of nitrogens with one attached hydrogen (secondary N) is 1. The van der Waals surface area contributed by atoms with Gasteiger partial charge in [0.15, 0.2) is 5.43 Å². The van der Waals surface area contributed by atoms with Crippen molar-refractivity contribution >= 4 is 22.6 Å². The van der Waals surface area contributed by atoms with E-state index in [4.69, 9.17) is 9.15 Å². The minimum absolute atomic E-state index is 0.120. The molecule has 8 heteroatoms. The lowest BCUT2D eigenvalue weighted by Gasteiger charge is -2.20. The molecule has 4 rings (SSSR count). The minimum atomic E-state index is -1.02. The van der Waals surface area contributed by atoms with E-state index in [2.05, 4.69) is 10.3 Å². The molecule has 0 saturated heterocycles. The zero-order valence-electron chi connectivity index (χ0n) is 21.7. The second kappa shape index (κ2) is 10.8. The number of para-hydroxylation sites is 1. The molecular weight excluding hydrogens is 470 g/mol. The summed E-state index contributed by atoms with van der Waals surface area (Å²) in [6, 6.07) is 13.7. The molecule has 4 aromatic rings. The molecule has 192 valence electrons. The van der Waals surface area contributed by atoms with E-state index < -0.39 is 5.97 Å². The number of hydrogen-bond acceptors (Lipinski definition) is 7. The van der Waals surface area contributed by atoms with E-state index in [1.165, 1.54) is 0 Å². The Kier molecular flexibility index (Phi) is 7.59. The highest BCUT2D eigenvalue weighted by atomic mass is 16.5. The van der Waals surface area contributed by atoms with Gasteiger partial charge in [0.25, 0.3) is 0 Å². The number of anilines is 1. The van der Waals surface area contributed by atoms with Crippen LogP contribution in [0.2, 0.25) is 0 Å². The molecule has 2 aromatic carbocycles. The molecule has 0 radical (unpaired) electrons. The third-order valence-corrected chi connectivity index (χ3v) is 6.17. The molecule has 0 aliphatic rings. The average Bonchev–Trinajstić information content (AvgIpc) is 2.86. The first-order valence-corrected chi connectivity index (χ1v) is 12.1. The molecule has 1 unspecified atom stereocenters. The van der Waals surface area contributed by atoms with Crippen molar-refractivity contribution in [3.05, 3.63) is 87.2 Å². The number of aromatic nitrogens is 1. The van der Waals surface area contributed by atoms with E-state index in [0.29, 0.717) is 46.0 Å². The molecule has 37 heavy (non-hydrogen) atoms. The van der Waals surface area contributed by atoms with Gasteiger partial charge in [0.1, 0.15) is 18.0 Å². The molecule has 2 aromatic heterocycles. The summed E-state index contributed by atoms with van der Waals surface area (Å²) in [7, 11) is 3.95. The summed E-state index contributed by atoms with van der Waals surface area (Å²) in [6.07, 6.45) is 1.64. The van der Waals surface area contributed by atoms with Crippen LogP contribution in [0.5, 0.6) is 5.88 Å². The summed E-state index contributed by atoms with van der Waals surface area (Å²) in [5.74, 6) is -0.0822. The summed E-state index contributed by atoms with van der Waals surface area (Å²) in [4.78, 5) is 31.5. The largest absolute Gasteiger partial charge is 0.478 e. The molecule has 8 nitrogen and oxygen atoms in total. The van der Waals surface area contributed by atoms with E-state index in [1.54, 1.807) is 43.5 Å². The van der Waals surface area contributed by atoms with Gasteiger partial charge in [0.05, 0.1) is 17.0 Å². The van der Waals surface area contributed by atoms with Gasteiger partial charge in [-0.2, -0.15) is 0 Å². The lowest BCUT2D eigenvalue weighted by molar-refractivity contribution is 0.0698. The average molecular weight is 502 g/mol. The van der Waals surface area contributed by atoms with Crippen molar-refractivity contribution in [3.63, 3.8) is 0 Å². The van der Waals surface area contributed by atoms with Gasteiger partial charge in [-0.15, -0.1) is 0 Å². The van der Waals surface area contributed by atoms with Crippen molar-refractivity contribution < 1.29 is 19.1 Å². The first-order chi connectivity index (χ1) is 17.7. The van der Waals surface area contributed by atoms with Crippen LogP contribution in [0.4, 0.5) is 5.69 Å². The summed E-state index contributed by atoms with van der Waals surface area (Å²) < 4.78 is 12.1. The number of aromatic carboxylic acids is 1. The standard InChI is InChI=1S/C29H31N3O5/c1-17-14-22(19(3)31-24-9-7-6-8-21(24)29(34)35)28-23(15-17)26(33)18(2)27(37-28)20-10-11-25(30-16-20)36-13-12-32(4)5/h6-11,14-16,19,31H,12-13H2,1-5H3,(H,34,35). The van der Waals surface area contributed by atoms with Gasteiger partial charge < -0.3 is 24.5 Å². The number of pyridine rings is 1. The number of rotatable bonds is 9. The Morgan fingerprint density at radius 2 is 1.92 bits per heavy atom. The van der Waals surface area contributed by atoms with Crippen LogP contribution in [-0.2, 0) is 0 Å². The minimum Gasteiger partial charge on any atom is -0.478 e. The number of fused-ring (bicyclic) bond motifs is 1. The van der Waals surface area contributed by atoms with Gasteiger partial charge in [0, 0.05) is 41.2 Å². The molecule has 0 amide bonds. The normalized spacial score (nSPS) is 12.1. The smallest absolute Gasteiger partial charge is 0.337 e. The topological polar surface area (TPSA) is 105 Å². The predicted molar refractivity (Wildman–Crippen MR) is 145 cm³/mol. The van der Waals surface area contributed by atoms with E-state index in [-0.39, 0.29) is 17.0 Å². The summed E-state index contributed by atoms with van der Waals surface area (Å²) in [6.45, 7) is 6.86. The molecule has 0 spiro atoms. The zero-order chi connectivity index (χ0) is 26.7. The number of carboxylic acids is 1. The monoisotopic (exact) mass is 501 g/mol. The van der Waals surface area contributed by atoms with Crippen LogP contribution in [0.3, 0.4) is 0 Å². The van der Waals surface area contributed by atoms with E-state index >= 15 is 0 Å². The Hall–Kier alpha value is -4.17. The Balaban J connectivity index is 1.74. The number of likely N-dealkylation sites (N-methyl/N-ethyl adjacent to an activating group) is 1. The number of hydrogen-bond donors (Lipinski definition) is 2. The van der Waals surface area contributed by atoms with Crippen LogP contribution in [0.25, 0.3) is 22.3 Å². The van der Waals surface area contributed by atoms with Crippen molar-refractivity contribution in [2.45, 2.75) is 26.8 Å². The van der Waals surface area contributed by atoms with Crippen molar-refractivity contribution in [3.8, 4) is 17.2 Å². The molecule has 1 atom stereocenters. The maximum absolute atomic E-state index is 13.4. The zero-order valence-corrected chi connectivity index (χ0v) is 21.7. The highest BCUT2D eigenvalue weighted by Crippen LogP contribution is 2.32. The van der Waals surface area contributed by atoms with Crippen molar-refractivity contribution in [1.82, 2.24) is 9.88 Å². The van der Waals surface area contributed by atoms with Crippen LogP contribution in [0.1, 0.15) is 40.0 Å². The van der Waals surface area contributed by atoms with Crippen LogP contribution >= 0.6 is 0 Å². The SMILES string of the molecule is Cc1cc(C(C)Nc2ccccc2C(=O)O)c2oc(-c3ccc(OCCN(C)C)nc3)c(C)c(=O)c2c1. The van der Waals surface area contributed by atoms with E-state index in [9.17, 15) is 14.7 Å². The van der Waals surface area contributed by atoms with Crippen LogP contribution in [-0.4, -0.2) is 48.2 Å². The van der Waals surface area contributed by atoms with Crippen molar-refractivity contribution in [2.24, 2.45) is 0 Å². The van der Waals surface area contributed by atoms with Gasteiger partial charge in [-0.3, -0.25) is 4.79 Å². The van der Waals surface area contributed by atoms with Gasteiger partial charge in [-0.25, -0.2) is 9.78 Å². The summed E-state index contributed by atoms with van der Waals surface area (Å²) in [5, 5.41) is 13.3. The quantitative estimate of drug-likeness (QED) is 0.319. The summed E-state index contributed by atoms with van der Waals surface area (Å²) >= 11 is 0. The molecular formula is C29H31N3O5. The van der Waals surface area contributed by atoms with Crippen LogP contribution in [0, 0.1) is 13.8 Å². The third-order valence-electron chi connectivity index (χ3n) is 6.17. The Morgan fingerprint density at radius 3 is 2.59 bits per heavy atom. The Labute approximate surface area is 215 Å². The fourth-order valence-corrected chi connectivity index (χ4v) is 4.20. The summed E-state index contributed by atoms with van der Waals surface area (Å²) in [5.41, 5.74) is 3.81. The number of nitrogens with zero attached hydrogens (tertiary/aromatic N) is 2. The molecule has 0 fully saturated rings. The fourth-order valence-electron chi connectivity index (χ4n) is 4.20. The number of ether oxygens (including phenoxy) is 1. The highest BCUT2D eigenvalue weighted by molar-refractivity contribution is 5.94. The number of carbonyl (C=O) groups is 1. The van der Waals surface area contributed by atoms with E-state index in [1.807, 2.05) is 51.0 Å². The van der Waals surface area contributed by atoms with Crippen LogP contribution in [0.15, 0.2) is 63.9 Å². The Morgan fingerprint density at radius 1 is 1.16 bits per heavy atom. The van der Waals surface area contributed by atoms with E-state index in [0.717, 1.165) is 17.7 Å². The molecule has 0 bridgehead atoms. The predicted octanol–water partition coefficient (Wildman–Crippen LogP) is 5.28. The molecule has 2 heterocycles. The van der Waals surface area contributed by atoms with Gasteiger partial charge >= 0.3 is 5.97 Å². The molecule has 0 aliphatic heterocycles. The van der Waals surface area contributed by atoms with Gasteiger partial charge in [-0.1, -0.05) is 18.2 Å². The van der Waals surface area contributed by atoms with Gasteiger partial charge in [-0.05, 0) is 64.7 Å². The molecule has 2 N–H and O–H groups in total. The van der Waals surface area contributed by atoms with Crippen molar-refractivity contribution in [1.29, 1.82) is 0 Å². The van der Waals surface area contributed by atoms with Crippen LogP contribution < -0.4 is 15.5 Å². The number of carboxylic acid groups (broad SMARTS) is 1.